The van der Waals surface area contributed by atoms with Crippen LogP contribution in [0.5, 0.6) is 0 Å². The molecule has 0 amide bonds. The number of ether oxygens (including phenoxy) is 1. The topological polar surface area (TPSA) is 77.2 Å². The summed E-state index contributed by atoms with van der Waals surface area (Å²) in [6, 6.07) is 0. The van der Waals surface area contributed by atoms with Gasteiger partial charge < -0.3 is 9.84 Å². The molecule has 6 heteroatoms. The lowest BCUT2D eigenvalue weighted by Gasteiger charge is -2.11. The minimum Gasteiger partial charge on any atom is -0.391 e. The lowest BCUT2D eigenvalue weighted by Crippen LogP contribution is -2.21. The first-order valence-electron chi connectivity index (χ1n) is 5.80. The molecule has 1 heterocycles. The molecule has 0 saturated heterocycles. The van der Waals surface area contributed by atoms with E-state index in [1.165, 1.54) is 0 Å². The van der Waals surface area contributed by atoms with E-state index in [9.17, 15) is 9.90 Å². The van der Waals surface area contributed by atoms with Crippen LogP contribution in [0.4, 0.5) is 0 Å². The van der Waals surface area contributed by atoms with Gasteiger partial charge >= 0.3 is 0 Å². The minimum atomic E-state index is -0.391. The molecule has 2 rings (SSSR count). The Balaban J connectivity index is 2.08. The molecule has 0 aromatic carbocycles. The molecule has 6 nitrogen and oxygen atoms in total. The molecule has 1 unspecified atom stereocenters. The Morgan fingerprint density at radius 1 is 1.65 bits per heavy atom. The lowest BCUT2D eigenvalue weighted by atomic mass is 10.2. The van der Waals surface area contributed by atoms with Crippen molar-refractivity contribution in [1.82, 2.24) is 15.0 Å². The van der Waals surface area contributed by atoms with E-state index in [-0.39, 0.29) is 0 Å². The van der Waals surface area contributed by atoms with E-state index in [2.05, 4.69) is 10.3 Å². The fraction of sp³-hybridized carbons (Fsp3) is 0.727. The van der Waals surface area contributed by atoms with Crippen molar-refractivity contribution in [3.05, 3.63) is 11.4 Å². The highest BCUT2D eigenvalue weighted by atomic mass is 16.5. The van der Waals surface area contributed by atoms with Gasteiger partial charge in [0, 0.05) is 13.5 Å². The van der Waals surface area contributed by atoms with Crippen LogP contribution in [-0.2, 0) is 17.7 Å². The summed E-state index contributed by atoms with van der Waals surface area (Å²) >= 11 is 0. The van der Waals surface area contributed by atoms with Crippen molar-refractivity contribution in [2.75, 3.05) is 13.7 Å². The van der Waals surface area contributed by atoms with E-state index in [4.69, 9.17) is 4.74 Å². The standard InChI is InChI=1S/C11H17N3O3/c1-17-5-4-10-9(7-15)12-13-14(10)6-11(16)8-2-3-8/h7-8,11,16H,2-6H2,1H3. The van der Waals surface area contributed by atoms with Crippen molar-refractivity contribution >= 4 is 6.29 Å². The largest absolute Gasteiger partial charge is 0.391 e. The first kappa shape index (κ1) is 12.2. The van der Waals surface area contributed by atoms with Gasteiger partial charge in [-0.3, -0.25) is 4.79 Å². The third-order valence-electron chi connectivity index (χ3n) is 3.05. The number of methoxy groups -OCH3 is 1. The number of hydrogen-bond acceptors (Lipinski definition) is 5. The lowest BCUT2D eigenvalue weighted by molar-refractivity contribution is 0.111. The number of aldehydes is 1. The van der Waals surface area contributed by atoms with Gasteiger partial charge in [0.1, 0.15) is 5.69 Å². The molecule has 94 valence electrons. The Labute approximate surface area is 99.6 Å². The number of rotatable bonds is 7. The van der Waals surface area contributed by atoms with Gasteiger partial charge in [-0.25, -0.2) is 4.68 Å². The van der Waals surface area contributed by atoms with Gasteiger partial charge in [-0.1, -0.05) is 5.21 Å². The molecule has 1 N–H and O–H groups in total. The van der Waals surface area contributed by atoms with E-state index in [0.29, 0.717) is 37.5 Å². The average Bonchev–Trinajstić information content (AvgIpc) is 3.11. The number of aromatic nitrogens is 3. The van der Waals surface area contributed by atoms with Gasteiger partial charge in [-0.15, -0.1) is 5.10 Å². The van der Waals surface area contributed by atoms with Crippen LogP contribution in [0.1, 0.15) is 29.0 Å². The Bertz CT molecular complexity index is 387. The highest BCUT2D eigenvalue weighted by molar-refractivity contribution is 5.73. The van der Waals surface area contributed by atoms with Gasteiger partial charge in [0.2, 0.25) is 0 Å². The monoisotopic (exact) mass is 239 g/mol. The molecular formula is C11H17N3O3. The van der Waals surface area contributed by atoms with Crippen LogP contribution in [0.2, 0.25) is 0 Å². The summed E-state index contributed by atoms with van der Waals surface area (Å²) in [6.45, 7) is 0.915. The van der Waals surface area contributed by atoms with Gasteiger partial charge in [0.05, 0.1) is 24.9 Å². The fourth-order valence-electron chi connectivity index (χ4n) is 1.85. The third kappa shape index (κ3) is 2.89. The van der Waals surface area contributed by atoms with Crippen molar-refractivity contribution < 1.29 is 14.6 Å². The first-order valence-corrected chi connectivity index (χ1v) is 5.80. The summed E-state index contributed by atoms with van der Waals surface area (Å²) < 4.78 is 6.60. The SMILES string of the molecule is COCCc1c(C=O)nnn1CC(O)C1CC1. The second kappa shape index (κ2) is 5.37. The predicted molar refractivity (Wildman–Crippen MR) is 59.7 cm³/mol. The van der Waals surface area contributed by atoms with Crippen LogP contribution in [0.25, 0.3) is 0 Å². The molecule has 1 atom stereocenters. The second-order valence-electron chi connectivity index (χ2n) is 4.37. The average molecular weight is 239 g/mol. The summed E-state index contributed by atoms with van der Waals surface area (Å²) in [4.78, 5) is 10.8. The molecular weight excluding hydrogens is 222 g/mol. The number of carbonyl (C=O) groups is 1. The Morgan fingerprint density at radius 2 is 2.41 bits per heavy atom. The van der Waals surface area contributed by atoms with Gasteiger partial charge in [-0.05, 0) is 18.8 Å². The Kier molecular flexibility index (Phi) is 3.86. The van der Waals surface area contributed by atoms with Gasteiger partial charge in [-0.2, -0.15) is 0 Å². The molecule has 1 aromatic heterocycles. The summed E-state index contributed by atoms with van der Waals surface area (Å²) in [5.74, 6) is 0.383. The zero-order valence-corrected chi connectivity index (χ0v) is 9.87. The zero-order chi connectivity index (χ0) is 12.3. The van der Waals surface area contributed by atoms with E-state index < -0.39 is 6.10 Å². The second-order valence-corrected chi connectivity index (χ2v) is 4.37. The Morgan fingerprint density at radius 3 is 3.00 bits per heavy atom. The number of aliphatic hydroxyl groups excluding tert-OH is 1. The third-order valence-corrected chi connectivity index (χ3v) is 3.05. The van der Waals surface area contributed by atoms with Crippen LogP contribution >= 0.6 is 0 Å². The van der Waals surface area contributed by atoms with Crippen molar-refractivity contribution in [2.45, 2.75) is 31.9 Å². The molecule has 1 aromatic rings. The van der Waals surface area contributed by atoms with Crippen LogP contribution in [0, 0.1) is 5.92 Å². The molecule has 1 saturated carbocycles. The maximum absolute atomic E-state index is 10.8. The molecule has 0 bridgehead atoms. The van der Waals surface area contributed by atoms with E-state index in [1.54, 1.807) is 11.8 Å². The summed E-state index contributed by atoms with van der Waals surface area (Å²) in [5.41, 5.74) is 1.08. The van der Waals surface area contributed by atoms with Crippen LogP contribution < -0.4 is 0 Å². The van der Waals surface area contributed by atoms with Crippen LogP contribution in [0.15, 0.2) is 0 Å². The molecule has 0 spiro atoms. The predicted octanol–water partition coefficient (Wildman–Crippen LogP) is 0.0504. The van der Waals surface area contributed by atoms with Crippen molar-refractivity contribution in [1.29, 1.82) is 0 Å². The van der Waals surface area contributed by atoms with Crippen molar-refractivity contribution in [3.8, 4) is 0 Å². The quantitative estimate of drug-likeness (QED) is 0.680. The van der Waals surface area contributed by atoms with Gasteiger partial charge in [0.15, 0.2) is 6.29 Å². The number of aliphatic hydroxyl groups is 1. The normalized spacial score (nSPS) is 17.1. The molecule has 1 fully saturated rings. The van der Waals surface area contributed by atoms with Crippen molar-refractivity contribution in [2.24, 2.45) is 5.92 Å². The number of nitrogens with zero attached hydrogens (tertiary/aromatic N) is 3. The summed E-state index contributed by atoms with van der Waals surface area (Å²) in [6.07, 6.45) is 3.03. The Hall–Kier alpha value is -1.27. The molecule has 1 aliphatic rings. The molecule has 0 radical (unpaired) electrons. The van der Waals surface area contributed by atoms with Crippen LogP contribution in [-0.4, -0.2) is 46.2 Å². The maximum atomic E-state index is 10.8. The number of carbonyl (C=O) groups excluding carboxylic acids is 1. The highest BCUT2D eigenvalue weighted by Crippen LogP contribution is 2.33. The van der Waals surface area contributed by atoms with Gasteiger partial charge in [0.25, 0.3) is 0 Å². The molecule has 17 heavy (non-hydrogen) atoms. The molecule has 0 aliphatic heterocycles. The smallest absolute Gasteiger partial charge is 0.172 e. The fourth-order valence-corrected chi connectivity index (χ4v) is 1.85. The highest BCUT2D eigenvalue weighted by Gasteiger charge is 2.30. The molecule has 1 aliphatic carbocycles. The van der Waals surface area contributed by atoms with Crippen molar-refractivity contribution in [3.63, 3.8) is 0 Å². The summed E-state index contributed by atoms with van der Waals surface area (Å²) in [7, 11) is 1.60. The van der Waals surface area contributed by atoms with E-state index >= 15 is 0 Å². The minimum absolute atomic E-state index is 0.338. The first-order chi connectivity index (χ1) is 8.26. The van der Waals surface area contributed by atoms with E-state index in [0.717, 1.165) is 18.5 Å². The zero-order valence-electron chi connectivity index (χ0n) is 9.87. The maximum Gasteiger partial charge on any atom is 0.172 e. The van der Waals surface area contributed by atoms with Crippen LogP contribution in [0.3, 0.4) is 0 Å². The summed E-state index contributed by atoms with van der Waals surface area (Å²) in [5, 5.41) is 17.6. The van der Waals surface area contributed by atoms with E-state index in [1.807, 2.05) is 0 Å². The number of hydrogen-bond donors (Lipinski definition) is 1.